The van der Waals surface area contributed by atoms with E-state index in [9.17, 15) is 0 Å². The third-order valence-corrected chi connectivity index (χ3v) is 13.5. The zero-order valence-electron chi connectivity index (χ0n) is 36.5. The summed E-state index contributed by atoms with van der Waals surface area (Å²) in [6, 6.07) is 77.0. The number of benzene rings is 10. The Morgan fingerprint density at radius 3 is 1.67 bits per heavy atom. The van der Waals surface area contributed by atoms with Crippen molar-refractivity contribution in [3.63, 3.8) is 0 Å². The van der Waals surface area contributed by atoms with Gasteiger partial charge in [-0.05, 0) is 119 Å². The molecule has 3 heteroatoms. The Morgan fingerprint density at radius 2 is 0.939 bits per heavy atom. The zero-order valence-corrected chi connectivity index (χ0v) is 36.5. The molecule has 0 amide bonds. The molecule has 0 unspecified atom stereocenters. The molecule has 3 nitrogen and oxygen atoms in total. The van der Waals surface area contributed by atoms with Crippen molar-refractivity contribution in [1.82, 2.24) is 15.0 Å². The zero-order chi connectivity index (χ0) is 44.2. The molecule has 10 aromatic carbocycles. The number of rotatable bonds is 8. The van der Waals surface area contributed by atoms with E-state index in [1.807, 2.05) is 6.08 Å². The average molecular weight is 842 g/mol. The SMILES string of the molecule is C=C/C=C\c1ccc(-c2nc(-c3ccc4ccc(-c5cccc6c5-c5ccccc5C6(c5ccccc5)c5ccccc5)cc4c3)nc(-c3ccc4c(ccc5ccccc54)c3)n2)cc1C. The highest BCUT2D eigenvalue weighted by molar-refractivity contribution is 6.08. The fraction of sp³-hybridized carbons (Fsp3) is 0.0317. The Morgan fingerprint density at radius 1 is 0.409 bits per heavy atom. The fourth-order valence-corrected chi connectivity index (χ4v) is 10.4. The molecule has 11 aromatic rings. The van der Waals surface area contributed by atoms with Gasteiger partial charge in [0, 0.05) is 16.7 Å². The summed E-state index contributed by atoms with van der Waals surface area (Å²) in [6.07, 6.45) is 5.83. The van der Waals surface area contributed by atoms with Crippen LogP contribution >= 0.6 is 0 Å². The number of nitrogens with zero attached hydrogens (tertiary/aromatic N) is 3. The average Bonchev–Trinajstić information content (AvgIpc) is 3.69. The minimum absolute atomic E-state index is 0.470. The van der Waals surface area contributed by atoms with Crippen LogP contribution in [0, 0.1) is 6.92 Å². The van der Waals surface area contributed by atoms with Gasteiger partial charge in [-0.3, -0.25) is 0 Å². The molecular weight excluding hydrogens is 799 g/mol. The van der Waals surface area contributed by atoms with Crippen LogP contribution in [0.1, 0.15) is 33.4 Å². The first-order valence-electron chi connectivity index (χ1n) is 22.5. The Labute approximate surface area is 384 Å². The van der Waals surface area contributed by atoms with E-state index >= 15 is 0 Å². The molecule has 1 aliphatic rings. The van der Waals surface area contributed by atoms with E-state index in [4.69, 9.17) is 15.0 Å². The van der Waals surface area contributed by atoms with Gasteiger partial charge in [-0.2, -0.15) is 0 Å². The molecule has 0 spiro atoms. The van der Waals surface area contributed by atoms with Gasteiger partial charge in [-0.15, -0.1) is 0 Å². The summed E-state index contributed by atoms with van der Waals surface area (Å²) in [4.78, 5) is 15.6. The van der Waals surface area contributed by atoms with E-state index in [0.717, 1.165) is 49.5 Å². The lowest BCUT2D eigenvalue weighted by atomic mass is 9.67. The van der Waals surface area contributed by atoms with Gasteiger partial charge in [0.15, 0.2) is 17.5 Å². The summed E-state index contributed by atoms with van der Waals surface area (Å²) in [7, 11) is 0. The van der Waals surface area contributed by atoms with Crippen molar-refractivity contribution >= 4 is 38.4 Å². The van der Waals surface area contributed by atoms with Crippen molar-refractivity contribution < 1.29 is 0 Å². The minimum Gasteiger partial charge on any atom is -0.208 e. The van der Waals surface area contributed by atoms with Gasteiger partial charge in [0.05, 0.1) is 5.41 Å². The molecule has 1 aliphatic carbocycles. The number of hydrogen-bond acceptors (Lipinski definition) is 3. The maximum absolute atomic E-state index is 5.24. The first kappa shape index (κ1) is 39.1. The third kappa shape index (κ3) is 6.39. The summed E-state index contributed by atoms with van der Waals surface area (Å²) < 4.78 is 0. The number of aryl methyl sites for hydroxylation is 1. The van der Waals surface area contributed by atoms with Crippen LogP contribution in [0.4, 0.5) is 0 Å². The van der Waals surface area contributed by atoms with E-state index in [1.165, 1.54) is 55.1 Å². The molecule has 0 aliphatic heterocycles. The lowest BCUT2D eigenvalue weighted by molar-refractivity contribution is 0.768. The van der Waals surface area contributed by atoms with Gasteiger partial charge < -0.3 is 0 Å². The van der Waals surface area contributed by atoms with E-state index in [1.54, 1.807) is 6.08 Å². The van der Waals surface area contributed by atoms with Crippen LogP contribution in [0.15, 0.2) is 231 Å². The number of allylic oxidation sites excluding steroid dienone is 2. The number of aromatic nitrogens is 3. The minimum atomic E-state index is -0.470. The van der Waals surface area contributed by atoms with Crippen LogP contribution in [0.5, 0.6) is 0 Å². The van der Waals surface area contributed by atoms with E-state index in [2.05, 4.69) is 232 Å². The molecule has 0 radical (unpaired) electrons. The van der Waals surface area contributed by atoms with Crippen molar-refractivity contribution in [3.8, 4) is 56.4 Å². The molecule has 0 saturated heterocycles. The quantitative estimate of drug-likeness (QED) is 0.113. The van der Waals surface area contributed by atoms with Crippen LogP contribution in [0.3, 0.4) is 0 Å². The Balaban J connectivity index is 1.01. The fourth-order valence-electron chi connectivity index (χ4n) is 10.4. The standard InChI is InChI=1S/C63H43N3/c1-3-4-16-42-27-33-47(37-41(42)2)60-64-61(66-62(65-60)49-35-36-54-45(38-49)32-30-44-17-11-12-22-53(44)54)48-34-29-43-28-31-46(39-50(43)40-48)55-24-15-26-58-59(55)56-23-13-14-25-57(56)63(58,51-18-7-5-8-19-51)52-20-9-6-10-21-52/h3-40H,1H2,2H3/b16-4-. The second-order valence-corrected chi connectivity index (χ2v) is 17.2. The molecule has 0 atom stereocenters. The van der Waals surface area contributed by atoms with E-state index < -0.39 is 5.41 Å². The molecule has 1 heterocycles. The highest BCUT2D eigenvalue weighted by Crippen LogP contribution is 2.58. The number of fused-ring (bicyclic) bond motifs is 7. The van der Waals surface area contributed by atoms with Gasteiger partial charge >= 0.3 is 0 Å². The molecule has 0 bridgehead atoms. The van der Waals surface area contributed by atoms with Gasteiger partial charge in [-0.25, -0.2) is 15.0 Å². The second kappa shape index (κ2) is 15.9. The predicted octanol–water partition coefficient (Wildman–Crippen LogP) is 15.9. The van der Waals surface area contributed by atoms with Crippen molar-refractivity contribution in [2.75, 3.05) is 0 Å². The summed E-state index contributed by atoms with van der Waals surface area (Å²) >= 11 is 0. The first-order valence-corrected chi connectivity index (χ1v) is 22.5. The van der Waals surface area contributed by atoms with Crippen molar-refractivity contribution in [2.24, 2.45) is 0 Å². The van der Waals surface area contributed by atoms with Crippen LogP contribution in [-0.4, -0.2) is 15.0 Å². The van der Waals surface area contributed by atoms with Crippen LogP contribution < -0.4 is 0 Å². The van der Waals surface area contributed by atoms with E-state index in [-0.39, 0.29) is 0 Å². The summed E-state index contributed by atoms with van der Waals surface area (Å²) in [6.45, 7) is 5.97. The first-order chi connectivity index (χ1) is 32.6. The molecule has 310 valence electrons. The van der Waals surface area contributed by atoms with Crippen LogP contribution in [0.25, 0.3) is 94.8 Å². The maximum atomic E-state index is 5.24. The van der Waals surface area contributed by atoms with Crippen molar-refractivity contribution in [2.45, 2.75) is 12.3 Å². The molecule has 1 aromatic heterocycles. The van der Waals surface area contributed by atoms with Crippen LogP contribution in [-0.2, 0) is 5.41 Å². The Hall–Kier alpha value is -8.53. The number of hydrogen-bond donors (Lipinski definition) is 0. The molecule has 0 saturated carbocycles. The largest absolute Gasteiger partial charge is 0.208 e. The van der Waals surface area contributed by atoms with Gasteiger partial charge in [0.1, 0.15) is 0 Å². The monoisotopic (exact) mass is 841 g/mol. The second-order valence-electron chi connectivity index (χ2n) is 17.2. The van der Waals surface area contributed by atoms with Crippen LogP contribution in [0.2, 0.25) is 0 Å². The molecule has 66 heavy (non-hydrogen) atoms. The third-order valence-electron chi connectivity index (χ3n) is 13.5. The summed E-state index contributed by atoms with van der Waals surface area (Å²) in [5.74, 6) is 1.88. The Bertz CT molecular complexity index is 3700. The van der Waals surface area contributed by atoms with E-state index in [0.29, 0.717) is 17.5 Å². The lowest BCUT2D eigenvalue weighted by Crippen LogP contribution is -2.28. The summed E-state index contributed by atoms with van der Waals surface area (Å²) in [5.41, 5.74) is 14.6. The maximum Gasteiger partial charge on any atom is 0.164 e. The molecule has 0 N–H and O–H groups in total. The lowest BCUT2D eigenvalue weighted by Gasteiger charge is -2.34. The van der Waals surface area contributed by atoms with Gasteiger partial charge in [0.25, 0.3) is 0 Å². The smallest absolute Gasteiger partial charge is 0.164 e. The van der Waals surface area contributed by atoms with Crippen molar-refractivity contribution in [3.05, 3.63) is 264 Å². The highest BCUT2D eigenvalue weighted by atomic mass is 15.0. The molecular formula is C63H43N3. The highest BCUT2D eigenvalue weighted by Gasteiger charge is 2.46. The molecule has 0 fully saturated rings. The predicted molar refractivity (Wildman–Crippen MR) is 275 cm³/mol. The molecule has 12 rings (SSSR count). The topological polar surface area (TPSA) is 38.7 Å². The van der Waals surface area contributed by atoms with Gasteiger partial charge in [-0.1, -0.05) is 213 Å². The Kier molecular flexibility index (Phi) is 9.43. The summed E-state index contributed by atoms with van der Waals surface area (Å²) in [5, 5.41) is 7.05. The normalized spacial score (nSPS) is 12.7. The van der Waals surface area contributed by atoms with Crippen molar-refractivity contribution in [1.29, 1.82) is 0 Å². The van der Waals surface area contributed by atoms with Gasteiger partial charge in [0.2, 0.25) is 0 Å².